The van der Waals surface area contributed by atoms with Crippen LogP contribution in [-0.4, -0.2) is 34.3 Å². The Bertz CT molecular complexity index is 1420. The summed E-state index contributed by atoms with van der Waals surface area (Å²) in [4.78, 5) is 4.96. The van der Waals surface area contributed by atoms with Crippen molar-refractivity contribution in [3.05, 3.63) is 53.6 Å². The van der Waals surface area contributed by atoms with E-state index in [-0.39, 0.29) is 15.6 Å². The van der Waals surface area contributed by atoms with Gasteiger partial charge >= 0.3 is 0 Å². The molecule has 166 valence electrons. The summed E-state index contributed by atoms with van der Waals surface area (Å²) in [5, 5.41) is 12.6. The van der Waals surface area contributed by atoms with Crippen molar-refractivity contribution in [3.8, 4) is 0 Å². The van der Waals surface area contributed by atoms with Crippen LogP contribution in [0.1, 0.15) is 43.7 Å². The monoisotopic (exact) mass is 449 g/mol. The van der Waals surface area contributed by atoms with Crippen molar-refractivity contribution in [3.63, 3.8) is 0 Å². The molecule has 0 radical (unpaired) electrons. The molecule has 1 aliphatic carbocycles. The van der Waals surface area contributed by atoms with Gasteiger partial charge < -0.3 is 5.32 Å². The number of sulfone groups is 1. The highest BCUT2D eigenvalue weighted by molar-refractivity contribution is 7.91. The third-order valence-corrected chi connectivity index (χ3v) is 8.27. The van der Waals surface area contributed by atoms with Crippen LogP contribution < -0.4 is 5.32 Å². The molecule has 2 aromatic carbocycles. The maximum absolute atomic E-state index is 13.5. The molecule has 4 aromatic rings. The Hall–Kier alpha value is -3.00. The molecule has 32 heavy (non-hydrogen) atoms. The molecule has 5 rings (SSSR count). The highest BCUT2D eigenvalue weighted by Gasteiger charge is 2.28. The van der Waals surface area contributed by atoms with Gasteiger partial charge in [-0.1, -0.05) is 30.3 Å². The van der Waals surface area contributed by atoms with Crippen molar-refractivity contribution in [2.24, 2.45) is 5.92 Å². The molecular weight excluding hydrogens is 422 g/mol. The van der Waals surface area contributed by atoms with Crippen LogP contribution in [0, 0.1) is 19.8 Å². The van der Waals surface area contributed by atoms with E-state index in [0.29, 0.717) is 11.9 Å². The summed E-state index contributed by atoms with van der Waals surface area (Å²) in [6.07, 6.45) is 4.51. The molecule has 1 saturated carbocycles. The standard InChI is InChI=1S/C24H27N5O2S/c1-15-8-11-18(12-9-15)25-22-20-6-4-5-7-21(20)29-23(26-22)24(27-28-29)32(30,31)19-13-10-16(2)17(3)14-19/h4-7,10,13-15,18H,8-9,11-12H2,1-3H3,(H,25,26). The van der Waals surface area contributed by atoms with Gasteiger partial charge in [0.2, 0.25) is 14.9 Å². The summed E-state index contributed by atoms with van der Waals surface area (Å²) in [5.41, 5.74) is 2.97. The van der Waals surface area contributed by atoms with Crippen molar-refractivity contribution >= 4 is 32.2 Å². The number of nitrogens with one attached hydrogen (secondary N) is 1. The van der Waals surface area contributed by atoms with Gasteiger partial charge in [0.05, 0.1) is 10.4 Å². The number of anilines is 1. The smallest absolute Gasteiger partial charge is 0.229 e. The fraction of sp³-hybridized carbons (Fsp3) is 0.375. The van der Waals surface area contributed by atoms with Gasteiger partial charge in [0, 0.05) is 11.4 Å². The van der Waals surface area contributed by atoms with Gasteiger partial charge in [-0.05, 0) is 80.8 Å². The molecule has 0 atom stereocenters. The van der Waals surface area contributed by atoms with Crippen molar-refractivity contribution in [2.75, 3.05) is 5.32 Å². The molecule has 2 aromatic heterocycles. The van der Waals surface area contributed by atoms with Crippen LogP contribution in [0.25, 0.3) is 16.6 Å². The Labute approximate surface area is 187 Å². The van der Waals surface area contributed by atoms with E-state index in [1.54, 1.807) is 12.1 Å². The highest BCUT2D eigenvalue weighted by atomic mass is 32.2. The number of rotatable bonds is 4. The summed E-state index contributed by atoms with van der Waals surface area (Å²) in [6, 6.07) is 13.2. The van der Waals surface area contributed by atoms with Crippen molar-refractivity contribution in [1.29, 1.82) is 0 Å². The number of fused-ring (bicyclic) bond motifs is 3. The summed E-state index contributed by atoms with van der Waals surface area (Å²) in [7, 11) is -3.87. The zero-order valence-electron chi connectivity index (χ0n) is 18.5. The predicted molar refractivity (Wildman–Crippen MR) is 125 cm³/mol. The molecule has 0 aliphatic heterocycles. The van der Waals surface area contributed by atoms with Crippen LogP contribution >= 0.6 is 0 Å². The maximum Gasteiger partial charge on any atom is 0.229 e. The van der Waals surface area contributed by atoms with E-state index in [0.717, 1.165) is 40.8 Å². The largest absolute Gasteiger partial charge is 0.367 e. The SMILES string of the molecule is Cc1ccc(S(=O)(=O)c2nnn3c2nc(NC2CCC(C)CC2)c2ccccc23)cc1C. The second-order valence-corrected chi connectivity index (χ2v) is 10.8. The van der Waals surface area contributed by atoms with E-state index >= 15 is 0 Å². The summed E-state index contributed by atoms with van der Waals surface area (Å²) in [5.74, 6) is 1.43. The first-order valence-electron chi connectivity index (χ1n) is 11.1. The number of benzene rings is 2. The zero-order chi connectivity index (χ0) is 22.5. The van der Waals surface area contributed by atoms with Crippen LogP contribution in [0.2, 0.25) is 0 Å². The van der Waals surface area contributed by atoms with Crippen molar-refractivity contribution < 1.29 is 8.42 Å². The normalized spacial score (nSPS) is 19.5. The van der Waals surface area contributed by atoms with Crippen LogP contribution in [0.3, 0.4) is 0 Å². The lowest BCUT2D eigenvalue weighted by molar-refractivity contribution is 0.361. The molecule has 0 amide bonds. The van der Waals surface area contributed by atoms with Gasteiger partial charge in [0.1, 0.15) is 5.82 Å². The molecule has 7 nitrogen and oxygen atoms in total. The van der Waals surface area contributed by atoms with E-state index in [4.69, 9.17) is 4.98 Å². The minimum atomic E-state index is -3.87. The Balaban J connectivity index is 1.65. The van der Waals surface area contributed by atoms with Gasteiger partial charge in [0.25, 0.3) is 0 Å². The van der Waals surface area contributed by atoms with Gasteiger partial charge in [0.15, 0.2) is 5.65 Å². The summed E-state index contributed by atoms with van der Waals surface area (Å²) < 4.78 is 28.5. The first-order valence-corrected chi connectivity index (χ1v) is 12.6. The first-order chi connectivity index (χ1) is 15.3. The molecule has 0 unspecified atom stereocenters. The Morgan fingerprint density at radius 2 is 1.75 bits per heavy atom. The zero-order valence-corrected chi connectivity index (χ0v) is 19.4. The highest BCUT2D eigenvalue weighted by Crippen LogP contribution is 2.31. The van der Waals surface area contributed by atoms with Gasteiger partial charge in [-0.3, -0.25) is 0 Å². The Morgan fingerprint density at radius 1 is 1.00 bits per heavy atom. The fourth-order valence-corrected chi connectivity index (χ4v) is 5.74. The molecule has 1 N–H and O–H groups in total. The van der Waals surface area contributed by atoms with Crippen LogP contribution in [0.4, 0.5) is 5.82 Å². The fourth-order valence-electron chi connectivity index (χ4n) is 4.42. The Morgan fingerprint density at radius 3 is 2.50 bits per heavy atom. The third kappa shape index (κ3) is 3.52. The number of hydrogen-bond acceptors (Lipinski definition) is 6. The molecule has 0 bridgehead atoms. The second-order valence-electron chi connectivity index (χ2n) is 8.96. The molecule has 1 aliphatic rings. The molecule has 2 heterocycles. The number of aromatic nitrogens is 4. The maximum atomic E-state index is 13.5. The lowest BCUT2D eigenvalue weighted by Crippen LogP contribution is -2.26. The van der Waals surface area contributed by atoms with Crippen molar-refractivity contribution in [2.45, 2.75) is 62.4 Å². The number of hydrogen-bond donors (Lipinski definition) is 1. The molecule has 0 spiro atoms. The van der Waals surface area contributed by atoms with E-state index in [1.165, 1.54) is 17.4 Å². The van der Waals surface area contributed by atoms with E-state index in [9.17, 15) is 8.42 Å². The van der Waals surface area contributed by atoms with E-state index in [2.05, 4.69) is 22.6 Å². The second kappa shape index (κ2) is 7.85. The number of aryl methyl sites for hydroxylation is 2. The van der Waals surface area contributed by atoms with E-state index < -0.39 is 9.84 Å². The average molecular weight is 450 g/mol. The third-order valence-electron chi connectivity index (χ3n) is 6.62. The minimum Gasteiger partial charge on any atom is -0.367 e. The quantitative estimate of drug-likeness (QED) is 0.485. The first kappa shape index (κ1) is 20.9. The summed E-state index contributed by atoms with van der Waals surface area (Å²) >= 11 is 0. The minimum absolute atomic E-state index is 0.119. The lowest BCUT2D eigenvalue weighted by atomic mass is 9.87. The molecule has 1 fully saturated rings. The van der Waals surface area contributed by atoms with Gasteiger partial charge in [-0.2, -0.15) is 4.52 Å². The number of para-hydroxylation sites is 1. The molecular formula is C24H27N5O2S. The number of nitrogens with zero attached hydrogens (tertiary/aromatic N) is 4. The van der Waals surface area contributed by atoms with Crippen molar-refractivity contribution in [1.82, 2.24) is 19.8 Å². The van der Waals surface area contributed by atoms with Crippen LogP contribution in [0.15, 0.2) is 52.4 Å². The average Bonchev–Trinajstić information content (AvgIpc) is 3.22. The topological polar surface area (TPSA) is 89.2 Å². The predicted octanol–water partition coefficient (Wildman–Crippen LogP) is 4.72. The van der Waals surface area contributed by atoms with Gasteiger partial charge in [-0.25, -0.2) is 13.4 Å². The molecule has 8 heteroatoms. The Kier molecular flexibility index (Phi) is 5.12. The summed E-state index contributed by atoms with van der Waals surface area (Å²) in [6.45, 7) is 6.14. The van der Waals surface area contributed by atoms with E-state index in [1.807, 2.05) is 44.2 Å². The van der Waals surface area contributed by atoms with Gasteiger partial charge in [-0.15, -0.1) is 5.10 Å². The molecule has 0 saturated heterocycles. The lowest BCUT2D eigenvalue weighted by Gasteiger charge is -2.27. The van der Waals surface area contributed by atoms with Crippen LogP contribution in [-0.2, 0) is 9.84 Å². The van der Waals surface area contributed by atoms with Crippen LogP contribution in [0.5, 0.6) is 0 Å².